The van der Waals surface area contributed by atoms with Crippen LogP contribution in [0.3, 0.4) is 0 Å². The molecule has 1 aliphatic rings. The van der Waals surface area contributed by atoms with Crippen molar-refractivity contribution in [1.82, 2.24) is 9.97 Å². The topological polar surface area (TPSA) is 162 Å². The quantitative estimate of drug-likeness (QED) is 0.246. The van der Waals surface area contributed by atoms with Crippen molar-refractivity contribution in [3.8, 4) is 11.1 Å². The number of carbonyl (C=O) groups is 1. The van der Waals surface area contributed by atoms with Crippen LogP contribution in [-0.4, -0.2) is 33.9 Å². The molecule has 188 valence electrons. The smallest absolute Gasteiger partial charge is 0.329 e. The zero-order chi connectivity index (χ0) is 25.5. The third kappa shape index (κ3) is 6.33. The van der Waals surface area contributed by atoms with Gasteiger partial charge in [-0.25, -0.2) is 4.98 Å². The average molecular weight is 490 g/mol. The summed E-state index contributed by atoms with van der Waals surface area (Å²) < 4.78 is 0. The maximum absolute atomic E-state index is 11.5. The van der Waals surface area contributed by atoms with E-state index in [1.165, 1.54) is 6.20 Å². The molecule has 3 aromatic rings. The van der Waals surface area contributed by atoms with E-state index in [1.54, 1.807) is 12.1 Å². The number of hydrogen-bond donors (Lipinski definition) is 4. The molecule has 1 fully saturated rings. The molecule has 2 aromatic carbocycles. The van der Waals surface area contributed by atoms with Crippen molar-refractivity contribution in [3.05, 3.63) is 76.0 Å². The first-order valence-electron chi connectivity index (χ1n) is 12.1. The highest BCUT2D eigenvalue weighted by Gasteiger charge is 2.22. The van der Waals surface area contributed by atoms with E-state index in [2.05, 4.69) is 20.6 Å². The van der Waals surface area contributed by atoms with Crippen LogP contribution in [0.15, 0.2) is 54.7 Å². The summed E-state index contributed by atoms with van der Waals surface area (Å²) in [6, 6.07) is 15.0. The molecule has 1 amide bonds. The molecule has 4 rings (SSSR count). The summed E-state index contributed by atoms with van der Waals surface area (Å²) in [5.74, 6) is 1.10. The lowest BCUT2D eigenvalue weighted by molar-refractivity contribution is -0.384. The third-order valence-electron chi connectivity index (χ3n) is 6.70. The van der Waals surface area contributed by atoms with E-state index in [0.29, 0.717) is 36.4 Å². The molecule has 0 saturated heterocycles. The van der Waals surface area contributed by atoms with Gasteiger partial charge in [0.05, 0.1) is 4.92 Å². The first kappa shape index (κ1) is 25.1. The van der Waals surface area contributed by atoms with Crippen LogP contribution < -0.4 is 22.1 Å². The second kappa shape index (κ2) is 11.6. The fourth-order valence-corrected chi connectivity index (χ4v) is 4.51. The number of aromatic nitrogens is 2. The van der Waals surface area contributed by atoms with Crippen LogP contribution in [0.5, 0.6) is 0 Å². The normalized spacial score (nSPS) is 17.4. The van der Waals surface area contributed by atoms with Gasteiger partial charge in [0.25, 0.3) is 0 Å². The summed E-state index contributed by atoms with van der Waals surface area (Å²) in [7, 11) is 0. The Morgan fingerprint density at radius 1 is 1.03 bits per heavy atom. The molecule has 10 nitrogen and oxygen atoms in total. The van der Waals surface area contributed by atoms with Crippen molar-refractivity contribution in [2.45, 2.75) is 32.2 Å². The summed E-state index contributed by atoms with van der Waals surface area (Å²) >= 11 is 0. The molecule has 10 heteroatoms. The van der Waals surface area contributed by atoms with Gasteiger partial charge in [-0.15, -0.1) is 0 Å². The zero-order valence-electron chi connectivity index (χ0n) is 20.0. The van der Waals surface area contributed by atoms with Crippen LogP contribution in [0.25, 0.3) is 11.1 Å². The van der Waals surface area contributed by atoms with Crippen molar-refractivity contribution in [2.24, 2.45) is 23.3 Å². The average Bonchev–Trinajstić information content (AvgIpc) is 2.91. The number of nitro groups is 1. The van der Waals surface area contributed by atoms with E-state index in [0.717, 1.165) is 48.9 Å². The van der Waals surface area contributed by atoms with Gasteiger partial charge in [-0.05, 0) is 79.0 Å². The molecule has 0 atom stereocenters. The van der Waals surface area contributed by atoms with Gasteiger partial charge < -0.3 is 22.1 Å². The number of amides is 1. The third-order valence-corrected chi connectivity index (χ3v) is 6.70. The van der Waals surface area contributed by atoms with Gasteiger partial charge in [0.2, 0.25) is 17.7 Å². The van der Waals surface area contributed by atoms with E-state index in [1.807, 2.05) is 36.4 Å². The van der Waals surface area contributed by atoms with Crippen molar-refractivity contribution in [1.29, 1.82) is 0 Å². The number of benzene rings is 2. The van der Waals surface area contributed by atoms with Crippen LogP contribution in [0, 0.1) is 22.0 Å². The van der Waals surface area contributed by atoms with Crippen LogP contribution >= 0.6 is 0 Å². The minimum Gasteiger partial charge on any atom is -0.366 e. The Kier molecular flexibility index (Phi) is 8.06. The molecule has 1 saturated carbocycles. The molecular weight excluding hydrogens is 458 g/mol. The maximum Gasteiger partial charge on any atom is 0.329 e. The summed E-state index contributed by atoms with van der Waals surface area (Å²) in [6.45, 7) is 1.79. The van der Waals surface area contributed by atoms with Crippen molar-refractivity contribution >= 4 is 23.4 Å². The molecule has 1 aliphatic carbocycles. The lowest BCUT2D eigenvalue weighted by Gasteiger charge is -2.27. The van der Waals surface area contributed by atoms with E-state index < -0.39 is 10.8 Å². The van der Waals surface area contributed by atoms with E-state index in [-0.39, 0.29) is 11.5 Å². The molecule has 1 aromatic heterocycles. The molecule has 0 bridgehead atoms. The zero-order valence-corrected chi connectivity index (χ0v) is 20.0. The molecule has 0 unspecified atom stereocenters. The van der Waals surface area contributed by atoms with Gasteiger partial charge in [0, 0.05) is 18.7 Å². The first-order valence-corrected chi connectivity index (χ1v) is 12.1. The van der Waals surface area contributed by atoms with Crippen molar-refractivity contribution in [3.63, 3.8) is 0 Å². The Morgan fingerprint density at radius 3 is 2.42 bits per heavy atom. The number of nitrogens with zero attached hydrogens (tertiary/aromatic N) is 3. The fourth-order valence-electron chi connectivity index (χ4n) is 4.51. The van der Waals surface area contributed by atoms with Gasteiger partial charge in [-0.1, -0.05) is 30.3 Å². The van der Waals surface area contributed by atoms with E-state index in [4.69, 9.17) is 11.5 Å². The molecule has 36 heavy (non-hydrogen) atoms. The van der Waals surface area contributed by atoms with E-state index >= 15 is 0 Å². The Bertz CT molecular complexity index is 1210. The number of anilines is 2. The van der Waals surface area contributed by atoms with Crippen LogP contribution in [0.4, 0.5) is 17.5 Å². The first-order chi connectivity index (χ1) is 17.4. The second-order valence-electron chi connectivity index (χ2n) is 9.18. The molecule has 1 heterocycles. The molecule has 0 radical (unpaired) electrons. The Morgan fingerprint density at radius 2 is 1.75 bits per heavy atom. The van der Waals surface area contributed by atoms with Crippen LogP contribution in [0.1, 0.15) is 41.6 Å². The minimum absolute atomic E-state index is 0.141. The number of hydrogen-bond acceptors (Lipinski definition) is 8. The van der Waals surface area contributed by atoms with Gasteiger partial charge in [-0.3, -0.25) is 14.9 Å². The number of nitrogens with two attached hydrogens (primary N) is 2. The number of primary amides is 1. The van der Waals surface area contributed by atoms with Gasteiger partial charge in [0.15, 0.2) is 0 Å². The lowest BCUT2D eigenvalue weighted by Crippen LogP contribution is -2.25. The SMILES string of the molecule is NCC1CCC(CNc2nc(NCc3cccc(-c4ccc(C(N)=O)cc4)c3)ncc2[N+](=O)[O-])CC1. The van der Waals surface area contributed by atoms with Crippen LogP contribution in [0.2, 0.25) is 0 Å². The second-order valence-corrected chi connectivity index (χ2v) is 9.18. The number of nitrogens with one attached hydrogen (secondary N) is 2. The van der Waals surface area contributed by atoms with Crippen molar-refractivity contribution in [2.75, 3.05) is 23.7 Å². The molecule has 0 spiro atoms. The highest BCUT2D eigenvalue weighted by Crippen LogP contribution is 2.29. The summed E-state index contributed by atoms with van der Waals surface area (Å²) in [4.78, 5) is 30.9. The monoisotopic (exact) mass is 489 g/mol. The van der Waals surface area contributed by atoms with Gasteiger partial charge in [-0.2, -0.15) is 4.98 Å². The Labute approximate surface area is 209 Å². The standard InChI is InChI=1S/C26H31N7O3/c27-13-17-4-6-18(7-5-17)14-29-25-23(33(35)36)16-31-26(32-25)30-15-19-2-1-3-22(12-19)20-8-10-21(11-9-20)24(28)34/h1-3,8-12,16-18H,4-7,13-15,27H2,(H2,28,34)(H2,29,30,31,32). The predicted octanol–water partition coefficient (Wildman–Crippen LogP) is 3.94. The van der Waals surface area contributed by atoms with Gasteiger partial charge in [0.1, 0.15) is 6.20 Å². The molecule has 6 N–H and O–H groups in total. The molecular formula is C26H31N7O3. The molecule has 0 aliphatic heterocycles. The fraction of sp³-hybridized carbons (Fsp3) is 0.346. The maximum atomic E-state index is 11.5. The van der Waals surface area contributed by atoms with Gasteiger partial charge >= 0.3 is 5.69 Å². The largest absolute Gasteiger partial charge is 0.366 e. The number of carbonyl (C=O) groups excluding carboxylic acids is 1. The predicted molar refractivity (Wildman–Crippen MR) is 139 cm³/mol. The van der Waals surface area contributed by atoms with Crippen LogP contribution in [-0.2, 0) is 6.54 Å². The lowest BCUT2D eigenvalue weighted by atomic mass is 9.82. The van der Waals surface area contributed by atoms with Crippen molar-refractivity contribution < 1.29 is 9.72 Å². The number of rotatable bonds is 10. The summed E-state index contributed by atoms with van der Waals surface area (Å²) in [5.41, 5.74) is 14.3. The Balaban J connectivity index is 1.41. The highest BCUT2D eigenvalue weighted by molar-refractivity contribution is 5.93. The summed E-state index contributed by atoms with van der Waals surface area (Å²) in [5, 5.41) is 17.8. The van der Waals surface area contributed by atoms with E-state index in [9.17, 15) is 14.9 Å². The summed E-state index contributed by atoms with van der Waals surface area (Å²) in [6.07, 6.45) is 5.53. The highest BCUT2D eigenvalue weighted by atomic mass is 16.6. The minimum atomic E-state index is -0.468. The Hall–Kier alpha value is -4.05.